The van der Waals surface area contributed by atoms with E-state index in [-0.39, 0.29) is 0 Å². The Bertz CT molecular complexity index is 796. The summed E-state index contributed by atoms with van der Waals surface area (Å²) in [6, 6.07) is 11.6. The van der Waals surface area contributed by atoms with E-state index in [2.05, 4.69) is 20.4 Å². The Morgan fingerprint density at radius 2 is 2.12 bits per heavy atom. The molecule has 1 saturated heterocycles. The minimum Gasteiger partial charge on any atom is -0.489 e. The molecule has 4 rings (SSSR count). The Labute approximate surface area is 146 Å². The van der Waals surface area contributed by atoms with Crippen molar-refractivity contribution in [1.29, 1.82) is 0 Å². The lowest BCUT2D eigenvalue weighted by molar-refractivity contribution is 0.306. The van der Waals surface area contributed by atoms with E-state index in [1.165, 1.54) is 6.42 Å². The first-order valence-corrected chi connectivity index (χ1v) is 8.52. The summed E-state index contributed by atoms with van der Waals surface area (Å²) in [4.78, 5) is 8.59. The summed E-state index contributed by atoms with van der Waals surface area (Å²) < 4.78 is 11.2. The van der Waals surface area contributed by atoms with Crippen molar-refractivity contribution in [2.75, 3.05) is 13.1 Å². The standard InChI is InChI=1S/C19H20N4O2/c1-2-15(12-20-8-1)13-24-17-5-3-16(4-6-17)19-22-18(25-23-19)10-14-7-9-21-11-14/h1-6,8,12,14,21H,7,9-11,13H2. The molecule has 0 saturated carbocycles. The molecule has 0 aliphatic carbocycles. The monoisotopic (exact) mass is 336 g/mol. The first-order valence-electron chi connectivity index (χ1n) is 8.52. The van der Waals surface area contributed by atoms with Gasteiger partial charge in [-0.15, -0.1) is 0 Å². The van der Waals surface area contributed by atoms with E-state index in [4.69, 9.17) is 9.26 Å². The average Bonchev–Trinajstić information content (AvgIpc) is 3.34. The van der Waals surface area contributed by atoms with Gasteiger partial charge in [0.25, 0.3) is 0 Å². The smallest absolute Gasteiger partial charge is 0.227 e. The minimum absolute atomic E-state index is 0.495. The molecule has 6 nitrogen and oxygen atoms in total. The molecule has 1 unspecified atom stereocenters. The Morgan fingerprint density at radius 3 is 2.88 bits per heavy atom. The molecule has 1 aromatic carbocycles. The van der Waals surface area contributed by atoms with Crippen molar-refractivity contribution >= 4 is 0 Å². The highest BCUT2D eigenvalue weighted by atomic mass is 16.5. The van der Waals surface area contributed by atoms with Gasteiger partial charge in [-0.3, -0.25) is 4.98 Å². The molecule has 1 fully saturated rings. The third kappa shape index (κ3) is 4.03. The number of nitrogens with one attached hydrogen (secondary N) is 1. The zero-order valence-corrected chi connectivity index (χ0v) is 13.9. The highest BCUT2D eigenvalue weighted by Gasteiger charge is 2.18. The number of ether oxygens (including phenoxy) is 1. The van der Waals surface area contributed by atoms with Gasteiger partial charge >= 0.3 is 0 Å². The van der Waals surface area contributed by atoms with E-state index in [9.17, 15) is 0 Å². The van der Waals surface area contributed by atoms with Crippen molar-refractivity contribution in [3.8, 4) is 17.1 Å². The van der Waals surface area contributed by atoms with Crippen LogP contribution in [0.5, 0.6) is 5.75 Å². The van der Waals surface area contributed by atoms with Crippen LogP contribution in [0.2, 0.25) is 0 Å². The first-order chi connectivity index (χ1) is 12.4. The van der Waals surface area contributed by atoms with Gasteiger partial charge in [0.2, 0.25) is 11.7 Å². The normalized spacial score (nSPS) is 16.9. The summed E-state index contributed by atoms with van der Waals surface area (Å²) >= 11 is 0. The summed E-state index contributed by atoms with van der Waals surface area (Å²) in [7, 11) is 0. The van der Waals surface area contributed by atoms with Crippen LogP contribution in [0.3, 0.4) is 0 Å². The number of aromatic nitrogens is 3. The average molecular weight is 336 g/mol. The Morgan fingerprint density at radius 1 is 1.20 bits per heavy atom. The molecule has 1 N–H and O–H groups in total. The van der Waals surface area contributed by atoms with Gasteiger partial charge in [-0.05, 0) is 55.8 Å². The fourth-order valence-corrected chi connectivity index (χ4v) is 2.94. The molecule has 0 spiro atoms. The molecule has 0 bridgehead atoms. The highest BCUT2D eigenvalue weighted by Crippen LogP contribution is 2.22. The maximum Gasteiger partial charge on any atom is 0.227 e. The third-order valence-corrected chi connectivity index (χ3v) is 4.33. The zero-order chi connectivity index (χ0) is 16.9. The van der Waals surface area contributed by atoms with Crippen LogP contribution in [0, 0.1) is 5.92 Å². The molecular formula is C19H20N4O2. The summed E-state index contributed by atoms with van der Waals surface area (Å²) in [5.74, 6) is 2.73. The summed E-state index contributed by atoms with van der Waals surface area (Å²) in [5, 5.41) is 7.45. The molecule has 3 heterocycles. The number of hydrogen-bond acceptors (Lipinski definition) is 6. The van der Waals surface area contributed by atoms with Gasteiger partial charge in [0.05, 0.1) is 0 Å². The zero-order valence-electron chi connectivity index (χ0n) is 13.9. The van der Waals surface area contributed by atoms with Gasteiger partial charge in [0, 0.05) is 29.9 Å². The molecule has 3 aromatic rings. The molecule has 0 radical (unpaired) electrons. The molecule has 1 aliphatic heterocycles. The van der Waals surface area contributed by atoms with Crippen molar-refractivity contribution in [2.24, 2.45) is 5.92 Å². The van der Waals surface area contributed by atoms with E-state index >= 15 is 0 Å². The maximum atomic E-state index is 5.77. The van der Waals surface area contributed by atoms with E-state index < -0.39 is 0 Å². The summed E-state index contributed by atoms with van der Waals surface area (Å²) in [6.45, 7) is 2.60. The van der Waals surface area contributed by atoms with Gasteiger partial charge in [-0.1, -0.05) is 11.2 Å². The van der Waals surface area contributed by atoms with Crippen molar-refractivity contribution in [2.45, 2.75) is 19.4 Å². The fourth-order valence-electron chi connectivity index (χ4n) is 2.94. The second kappa shape index (κ2) is 7.44. The van der Waals surface area contributed by atoms with Gasteiger partial charge in [0.15, 0.2) is 0 Å². The van der Waals surface area contributed by atoms with Crippen molar-refractivity contribution < 1.29 is 9.26 Å². The van der Waals surface area contributed by atoms with Gasteiger partial charge in [0.1, 0.15) is 12.4 Å². The molecule has 128 valence electrons. The van der Waals surface area contributed by atoms with Gasteiger partial charge in [-0.2, -0.15) is 4.98 Å². The number of benzene rings is 1. The maximum absolute atomic E-state index is 5.77. The lowest BCUT2D eigenvalue weighted by Crippen LogP contribution is -2.10. The van der Waals surface area contributed by atoms with Gasteiger partial charge < -0.3 is 14.6 Å². The van der Waals surface area contributed by atoms with Crippen molar-refractivity contribution in [3.05, 3.63) is 60.2 Å². The van der Waals surface area contributed by atoms with E-state index in [0.717, 1.165) is 36.4 Å². The number of nitrogens with zero attached hydrogens (tertiary/aromatic N) is 3. The Kier molecular flexibility index (Phi) is 4.70. The fraction of sp³-hybridized carbons (Fsp3) is 0.316. The molecule has 1 aliphatic rings. The molecule has 6 heteroatoms. The van der Waals surface area contributed by atoms with Crippen LogP contribution in [-0.4, -0.2) is 28.2 Å². The van der Waals surface area contributed by atoms with Crippen LogP contribution in [0.4, 0.5) is 0 Å². The Hall–Kier alpha value is -2.73. The molecular weight excluding hydrogens is 316 g/mol. The van der Waals surface area contributed by atoms with Crippen LogP contribution >= 0.6 is 0 Å². The summed E-state index contributed by atoms with van der Waals surface area (Å²) in [5.41, 5.74) is 1.96. The quantitative estimate of drug-likeness (QED) is 0.746. The molecule has 2 aromatic heterocycles. The Balaban J connectivity index is 1.37. The van der Waals surface area contributed by atoms with Crippen molar-refractivity contribution in [1.82, 2.24) is 20.4 Å². The molecule has 0 amide bonds. The number of hydrogen-bond donors (Lipinski definition) is 1. The minimum atomic E-state index is 0.495. The van der Waals surface area contributed by atoms with Crippen LogP contribution < -0.4 is 10.1 Å². The summed E-state index contributed by atoms with van der Waals surface area (Å²) in [6.07, 6.45) is 5.56. The highest BCUT2D eigenvalue weighted by molar-refractivity contribution is 5.55. The number of pyridine rings is 1. The van der Waals surface area contributed by atoms with Crippen LogP contribution in [0.25, 0.3) is 11.4 Å². The predicted octanol–water partition coefficient (Wildman–Crippen LogP) is 2.86. The van der Waals surface area contributed by atoms with Crippen molar-refractivity contribution in [3.63, 3.8) is 0 Å². The predicted molar refractivity (Wildman–Crippen MR) is 93.0 cm³/mol. The first kappa shape index (κ1) is 15.8. The SMILES string of the molecule is c1cncc(COc2ccc(-c3noc(CC4CCNC4)n3)cc2)c1. The second-order valence-electron chi connectivity index (χ2n) is 6.25. The van der Waals surface area contributed by atoms with Crippen LogP contribution in [-0.2, 0) is 13.0 Å². The van der Waals surface area contributed by atoms with E-state index in [1.54, 1.807) is 12.4 Å². The number of rotatable bonds is 6. The molecule has 25 heavy (non-hydrogen) atoms. The molecule has 1 atom stereocenters. The lowest BCUT2D eigenvalue weighted by Gasteiger charge is -2.06. The largest absolute Gasteiger partial charge is 0.489 e. The van der Waals surface area contributed by atoms with Crippen LogP contribution in [0.1, 0.15) is 17.9 Å². The topological polar surface area (TPSA) is 73.1 Å². The third-order valence-electron chi connectivity index (χ3n) is 4.33. The van der Waals surface area contributed by atoms with Crippen LogP contribution in [0.15, 0.2) is 53.3 Å². The van der Waals surface area contributed by atoms with E-state index in [0.29, 0.717) is 24.2 Å². The van der Waals surface area contributed by atoms with E-state index in [1.807, 2.05) is 36.4 Å². The second-order valence-corrected chi connectivity index (χ2v) is 6.25. The van der Waals surface area contributed by atoms with Gasteiger partial charge in [-0.25, -0.2) is 0 Å². The lowest BCUT2D eigenvalue weighted by atomic mass is 10.1.